The average Bonchev–Trinajstić information content (AvgIpc) is 2.96. The molecule has 0 amide bonds. The summed E-state index contributed by atoms with van der Waals surface area (Å²) in [5.74, 6) is 0.472. The predicted molar refractivity (Wildman–Crippen MR) is 87.5 cm³/mol. The molecule has 0 radical (unpaired) electrons. The van der Waals surface area contributed by atoms with Gasteiger partial charge in [-0.1, -0.05) is 13.8 Å². The first-order valence-corrected chi connectivity index (χ1v) is 7.97. The van der Waals surface area contributed by atoms with Crippen LogP contribution in [0.1, 0.15) is 33.1 Å². The minimum atomic E-state index is -0.222. The van der Waals surface area contributed by atoms with Crippen LogP contribution >= 0.6 is 11.6 Å². The second kappa shape index (κ2) is 5.96. The Labute approximate surface area is 139 Å². The first-order chi connectivity index (χ1) is 10.9. The van der Waals surface area contributed by atoms with Gasteiger partial charge in [0.2, 0.25) is 5.28 Å². The number of nitrogens with zero attached hydrogens (tertiary/aromatic N) is 4. The fourth-order valence-electron chi connectivity index (χ4n) is 3.12. The van der Waals surface area contributed by atoms with Crippen LogP contribution in [0.15, 0.2) is 6.33 Å². The number of methoxy groups -OCH3 is 1. The lowest BCUT2D eigenvalue weighted by molar-refractivity contribution is -0.141. The van der Waals surface area contributed by atoms with Gasteiger partial charge in [-0.05, 0) is 29.9 Å². The normalized spacial score (nSPS) is 20.7. The zero-order valence-corrected chi connectivity index (χ0v) is 14.2. The second-order valence-corrected chi connectivity index (χ2v) is 7.02. The van der Waals surface area contributed by atoms with E-state index in [1.165, 1.54) is 7.11 Å². The number of aromatic amines is 1. The molecule has 1 unspecified atom stereocenters. The van der Waals surface area contributed by atoms with Crippen LogP contribution in [0.3, 0.4) is 0 Å². The quantitative estimate of drug-likeness (QED) is 0.684. The summed E-state index contributed by atoms with van der Waals surface area (Å²) in [6.07, 6.45) is 3.82. The molecule has 8 heteroatoms. The van der Waals surface area contributed by atoms with Crippen LogP contribution in [0.5, 0.6) is 0 Å². The van der Waals surface area contributed by atoms with E-state index >= 15 is 0 Å². The van der Waals surface area contributed by atoms with Crippen molar-refractivity contribution in [1.82, 2.24) is 19.9 Å². The summed E-state index contributed by atoms with van der Waals surface area (Å²) in [6, 6.07) is 0.0212. The average molecular weight is 338 g/mol. The fraction of sp³-hybridized carbons (Fsp3) is 0.600. The molecule has 7 nitrogen and oxygen atoms in total. The molecule has 3 heterocycles. The molecule has 2 aromatic rings. The van der Waals surface area contributed by atoms with Crippen LogP contribution in [0.2, 0.25) is 5.28 Å². The lowest BCUT2D eigenvalue weighted by Crippen LogP contribution is -2.48. The van der Waals surface area contributed by atoms with E-state index in [2.05, 4.69) is 38.7 Å². The number of H-pyrrole nitrogens is 1. The lowest BCUT2D eigenvalue weighted by atomic mass is 9.80. The van der Waals surface area contributed by atoms with Gasteiger partial charge in [0.15, 0.2) is 11.5 Å². The number of hydrogen-bond donors (Lipinski definition) is 1. The van der Waals surface area contributed by atoms with E-state index in [4.69, 9.17) is 16.3 Å². The van der Waals surface area contributed by atoms with E-state index in [0.29, 0.717) is 17.9 Å². The third-order valence-electron chi connectivity index (χ3n) is 4.33. The van der Waals surface area contributed by atoms with Gasteiger partial charge in [-0.15, -0.1) is 0 Å². The highest BCUT2D eigenvalue weighted by Gasteiger charge is 2.36. The molecular weight excluding hydrogens is 318 g/mol. The number of piperidine rings is 1. The van der Waals surface area contributed by atoms with Gasteiger partial charge in [-0.25, -0.2) is 4.98 Å². The Kier molecular flexibility index (Phi) is 4.14. The molecule has 0 spiro atoms. The third-order valence-corrected chi connectivity index (χ3v) is 4.50. The Morgan fingerprint density at radius 1 is 1.52 bits per heavy atom. The van der Waals surface area contributed by atoms with Crippen molar-refractivity contribution in [3.05, 3.63) is 11.6 Å². The zero-order chi connectivity index (χ0) is 16.6. The van der Waals surface area contributed by atoms with Crippen molar-refractivity contribution in [3.63, 3.8) is 0 Å². The maximum absolute atomic E-state index is 11.8. The van der Waals surface area contributed by atoms with E-state index in [1.807, 2.05) is 0 Å². The van der Waals surface area contributed by atoms with Gasteiger partial charge >= 0.3 is 5.97 Å². The molecule has 0 aromatic carbocycles. The number of nitrogens with one attached hydrogen (secondary N) is 1. The van der Waals surface area contributed by atoms with E-state index in [1.54, 1.807) is 6.33 Å². The van der Waals surface area contributed by atoms with Crippen LogP contribution in [-0.2, 0) is 9.53 Å². The molecule has 0 bridgehead atoms. The molecule has 1 aliphatic heterocycles. The summed E-state index contributed by atoms with van der Waals surface area (Å²) in [5, 5.41) is 0.153. The topological polar surface area (TPSA) is 84.0 Å². The minimum Gasteiger partial charge on any atom is -0.469 e. The Morgan fingerprint density at radius 3 is 3.04 bits per heavy atom. The highest BCUT2D eigenvalue weighted by atomic mass is 35.5. The molecule has 1 N–H and O–H groups in total. The fourth-order valence-corrected chi connectivity index (χ4v) is 3.28. The maximum Gasteiger partial charge on any atom is 0.307 e. The lowest BCUT2D eigenvalue weighted by Gasteiger charge is -2.44. The number of esters is 1. The van der Waals surface area contributed by atoms with E-state index < -0.39 is 0 Å². The minimum absolute atomic E-state index is 0.0212. The van der Waals surface area contributed by atoms with Gasteiger partial charge < -0.3 is 14.6 Å². The number of anilines is 1. The Hall–Kier alpha value is -1.89. The number of rotatable bonds is 3. The molecule has 1 fully saturated rings. The van der Waals surface area contributed by atoms with E-state index in [9.17, 15) is 4.79 Å². The number of aromatic nitrogens is 4. The van der Waals surface area contributed by atoms with Crippen molar-refractivity contribution in [1.29, 1.82) is 0 Å². The zero-order valence-electron chi connectivity index (χ0n) is 13.5. The first kappa shape index (κ1) is 16.0. The van der Waals surface area contributed by atoms with Crippen molar-refractivity contribution in [2.24, 2.45) is 5.41 Å². The van der Waals surface area contributed by atoms with Gasteiger partial charge in [0.05, 0.1) is 19.9 Å². The van der Waals surface area contributed by atoms with Gasteiger partial charge in [-0.2, -0.15) is 9.97 Å². The third kappa shape index (κ3) is 3.24. The molecule has 23 heavy (non-hydrogen) atoms. The van der Waals surface area contributed by atoms with Crippen LogP contribution in [0.4, 0.5) is 5.82 Å². The van der Waals surface area contributed by atoms with Crippen LogP contribution in [0.25, 0.3) is 11.2 Å². The smallest absolute Gasteiger partial charge is 0.307 e. The van der Waals surface area contributed by atoms with Crippen molar-refractivity contribution in [3.8, 4) is 0 Å². The van der Waals surface area contributed by atoms with E-state index in [0.717, 1.165) is 24.9 Å². The molecule has 1 atom stereocenters. The Bertz CT molecular complexity index is 730. The number of ether oxygens (including phenoxy) is 1. The number of halogens is 1. The summed E-state index contributed by atoms with van der Waals surface area (Å²) in [4.78, 5) is 29.7. The number of imidazole rings is 1. The van der Waals surface area contributed by atoms with Crippen LogP contribution in [-0.4, -0.2) is 45.6 Å². The van der Waals surface area contributed by atoms with Gasteiger partial charge in [-0.3, -0.25) is 4.79 Å². The molecular formula is C15H20ClN5O2. The Morgan fingerprint density at radius 2 is 2.30 bits per heavy atom. The summed E-state index contributed by atoms with van der Waals surface area (Å²) in [6.45, 7) is 5.19. The van der Waals surface area contributed by atoms with Crippen molar-refractivity contribution in [2.45, 2.75) is 39.2 Å². The molecule has 2 aromatic heterocycles. The van der Waals surface area contributed by atoms with Gasteiger partial charge in [0.1, 0.15) is 5.52 Å². The standard InChI is InChI=1S/C15H20ClN5O2/c1-15(2)5-4-9(6-10(22)23-3)21(7-15)13-11-12(18-8-17-11)19-14(16)20-13/h8-9H,4-7H2,1-3H3,(H,17,18,19,20). The van der Waals surface area contributed by atoms with Crippen molar-refractivity contribution < 1.29 is 9.53 Å². The maximum atomic E-state index is 11.8. The van der Waals surface area contributed by atoms with Gasteiger partial charge in [0, 0.05) is 12.6 Å². The first-order valence-electron chi connectivity index (χ1n) is 7.60. The van der Waals surface area contributed by atoms with Crippen LogP contribution < -0.4 is 4.90 Å². The summed E-state index contributed by atoms with van der Waals surface area (Å²) >= 11 is 6.06. The van der Waals surface area contributed by atoms with Crippen molar-refractivity contribution in [2.75, 3.05) is 18.6 Å². The summed E-state index contributed by atoms with van der Waals surface area (Å²) < 4.78 is 4.84. The molecule has 1 aliphatic rings. The van der Waals surface area contributed by atoms with E-state index in [-0.39, 0.29) is 22.7 Å². The molecule has 1 saturated heterocycles. The second-order valence-electron chi connectivity index (χ2n) is 6.68. The summed E-state index contributed by atoms with van der Waals surface area (Å²) in [7, 11) is 1.41. The largest absolute Gasteiger partial charge is 0.469 e. The molecule has 0 saturated carbocycles. The SMILES string of the molecule is COC(=O)CC1CCC(C)(C)CN1c1nc(Cl)nc2nc[nH]c12. The highest BCUT2D eigenvalue weighted by Crippen LogP contribution is 2.37. The molecule has 3 rings (SSSR count). The van der Waals surface area contributed by atoms with Crippen molar-refractivity contribution >= 4 is 34.6 Å². The van der Waals surface area contributed by atoms with Gasteiger partial charge in [0.25, 0.3) is 0 Å². The number of carbonyl (C=O) groups is 1. The molecule has 124 valence electrons. The monoisotopic (exact) mass is 337 g/mol. The predicted octanol–water partition coefficient (Wildman–Crippen LogP) is 2.56. The number of fused-ring (bicyclic) bond motifs is 1. The number of carbonyl (C=O) groups excluding carboxylic acids is 1. The van der Waals surface area contributed by atoms with Crippen LogP contribution in [0, 0.1) is 5.41 Å². The Balaban J connectivity index is 2.03. The number of hydrogen-bond acceptors (Lipinski definition) is 6. The summed E-state index contributed by atoms with van der Waals surface area (Å²) in [5.41, 5.74) is 1.39. The molecule has 0 aliphatic carbocycles. The highest BCUT2D eigenvalue weighted by molar-refractivity contribution is 6.28.